The largest absolute Gasteiger partial charge is 0.393 e. The molecule has 3 fully saturated rings. The topological polar surface area (TPSA) is 221 Å². The molecule has 3 saturated heterocycles. The number of aliphatic hydroxyl groups excluding tert-OH is 2. The van der Waals surface area contributed by atoms with Crippen molar-refractivity contribution < 1.29 is 48.4 Å². The maximum absolute atomic E-state index is 12.1. The van der Waals surface area contributed by atoms with E-state index in [4.69, 9.17) is 30.6 Å². The van der Waals surface area contributed by atoms with Crippen molar-refractivity contribution in [1.82, 2.24) is 19.7 Å². The number of piperidine rings is 1. The second-order valence-corrected chi connectivity index (χ2v) is 14.0. The fourth-order valence-corrected chi connectivity index (χ4v) is 8.27. The molecule has 4 unspecified atom stereocenters. The standard InChI is InChI=1S/C19H28ClN5O10P2/c20-18-22-15(24-10-2-1-3-11(24)5-4-10)12-6-21-25(16(12)23-18)17-14(27)19(28,8-26)13(35-17)7-34-37(32,33)9-36(29,30)31/h6,10-11,13-14,17,26-28H,1-5,7-9H2,(H,32,33)(H2,29,30,31)/t10?,11?,13-,14+,17-,19?/m1/s1. The number of rotatable bonds is 8. The first-order valence-corrected chi connectivity index (χ1v) is 15.6. The van der Waals surface area contributed by atoms with Gasteiger partial charge in [0, 0.05) is 12.1 Å². The first kappa shape index (κ1) is 27.4. The van der Waals surface area contributed by atoms with Crippen LogP contribution in [-0.4, -0.2) is 98.8 Å². The summed E-state index contributed by atoms with van der Waals surface area (Å²) in [4.78, 5) is 38.7. The van der Waals surface area contributed by atoms with Crippen molar-refractivity contribution in [1.29, 1.82) is 0 Å². The Bertz CT molecular complexity index is 1260. The molecule has 18 heteroatoms. The number of anilines is 1. The lowest BCUT2D eigenvalue weighted by Gasteiger charge is -2.36. The minimum Gasteiger partial charge on any atom is -0.393 e. The van der Waals surface area contributed by atoms with Crippen LogP contribution in [0.3, 0.4) is 0 Å². The van der Waals surface area contributed by atoms with Crippen molar-refractivity contribution in [3.63, 3.8) is 0 Å². The molecule has 206 valence electrons. The van der Waals surface area contributed by atoms with Crippen molar-refractivity contribution in [2.75, 3.05) is 24.0 Å². The van der Waals surface area contributed by atoms with Crippen LogP contribution in [0.15, 0.2) is 6.20 Å². The molecule has 0 aliphatic carbocycles. The van der Waals surface area contributed by atoms with Gasteiger partial charge in [0.2, 0.25) is 5.28 Å². The van der Waals surface area contributed by atoms with Crippen LogP contribution in [0.25, 0.3) is 11.0 Å². The van der Waals surface area contributed by atoms with Gasteiger partial charge in [0.15, 0.2) is 17.8 Å². The highest BCUT2D eigenvalue weighted by Crippen LogP contribution is 2.56. The van der Waals surface area contributed by atoms with E-state index in [0.717, 1.165) is 32.1 Å². The van der Waals surface area contributed by atoms with Gasteiger partial charge in [-0.25, -0.2) is 4.68 Å². The highest BCUT2D eigenvalue weighted by molar-refractivity contribution is 7.70. The van der Waals surface area contributed by atoms with Gasteiger partial charge in [0.05, 0.1) is 24.8 Å². The van der Waals surface area contributed by atoms with Crippen LogP contribution < -0.4 is 4.90 Å². The van der Waals surface area contributed by atoms with Crippen LogP contribution in [0.4, 0.5) is 5.82 Å². The Kier molecular flexibility index (Phi) is 7.21. The van der Waals surface area contributed by atoms with Gasteiger partial charge in [-0.2, -0.15) is 15.1 Å². The van der Waals surface area contributed by atoms with E-state index in [1.54, 1.807) is 0 Å². The number of aliphatic hydroxyl groups is 3. The highest BCUT2D eigenvalue weighted by atomic mass is 35.5. The molecule has 6 N–H and O–H groups in total. The van der Waals surface area contributed by atoms with Gasteiger partial charge in [0.1, 0.15) is 23.6 Å². The van der Waals surface area contributed by atoms with Gasteiger partial charge in [-0.05, 0) is 43.7 Å². The zero-order valence-electron chi connectivity index (χ0n) is 19.4. The van der Waals surface area contributed by atoms with Gasteiger partial charge in [-0.3, -0.25) is 9.13 Å². The fourth-order valence-electron chi connectivity index (χ4n) is 5.56. The lowest BCUT2D eigenvalue weighted by Crippen LogP contribution is -2.52. The van der Waals surface area contributed by atoms with E-state index >= 15 is 0 Å². The molecule has 3 aliphatic heterocycles. The third-order valence-electron chi connectivity index (χ3n) is 7.27. The quantitative estimate of drug-likeness (QED) is 0.182. The summed E-state index contributed by atoms with van der Waals surface area (Å²) < 4.78 is 34.8. The van der Waals surface area contributed by atoms with E-state index in [9.17, 15) is 29.3 Å². The number of fused-ring (bicyclic) bond motifs is 3. The molecule has 2 bridgehead atoms. The SMILES string of the molecule is O=P(O)(O)CP(=O)(O)OC[C@H]1O[C@@H](n2ncc3c(N4C5CCCC4CC5)nc(Cl)nc32)[C@H](O)C1(O)CO. The predicted molar refractivity (Wildman–Crippen MR) is 128 cm³/mol. The Balaban J connectivity index is 1.45. The van der Waals surface area contributed by atoms with Crippen LogP contribution in [-0.2, 0) is 18.4 Å². The summed E-state index contributed by atoms with van der Waals surface area (Å²) in [5, 5.41) is 36.5. The van der Waals surface area contributed by atoms with Gasteiger partial charge in [0.25, 0.3) is 0 Å². The Morgan fingerprint density at radius 2 is 1.84 bits per heavy atom. The molecule has 5 heterocycles. The Labute approximate surface area is 215 Å². The normalized spacial score (nSPS) is 33.8. The summed E-state index contributed by atoms with van der Waals surface area (Å²) in [6.45, 7) is -1.89. The molecule has 15 nitrogen and oxygen atoms in total. The second-order valence-electron chi connectivity index (χ2n) is 9.71. The lowest BCUT2D eigenvalue weighted by molar-refractivity contribution is -0.117. The van der Waals surface area contributed by atoms with Crippen molar-refractivity contribution in [3.05, 3.63) is 11.5 Å². The van der Waals surface area contributed by atoms with E-state index in [1.807, 2.05) is 0 Å². The number of aromatic nitrogens is 4. The summed E-state index contributed by atoms with van der Waals surface area (Å²) >= 11 is 6.27. The van der Waals surface area contributed by atoms with E-state index in [1.165, 1.54) is 10.9 Å². The first-order chi connectivity index (χ1) is 17.3. The lowest BCUT2D eigenvalue weighted by atomic mass is 9.93. The number of ether oxygens (including phenoxy) is 1. The summed E-state index contributed by atoms with van der Waals surface area (Å²) in [5.41, 5.74) is -2.16. The smallest absolute Gasteiger partial charge is 0.340 e. The van der Waals surface area contributed by atoms with E-state index in [-0.39, 0.29) is 10.9 Å². The minimum atomic E-state index is -4.89. The summed E-state index contributed by atoms with van der Waals surface area (Å²) in [5.74, 6) is -0.839. The van der Waals surface area contributed by atoms with Crippen molar-refractivity contribution in [2.45, 2.75) is 68.2 Å². The van der Waals surface area contributed by atoms with Crippen molar-refractivity contribution in [3.8, 4) is 0 Å². The molecular formula is C19H28ClN5O10P2. The van der Waals surface area contributed by atoms with E-state index in [0.29, 0.717) is 23.3 Å². The van der Waals surface area contributed by atoms with E-state index in [2.05, 4.69) is 20.0 Å². The molecule has 2 aromatic rings. The number of halogens is 1. The Morgan fingerprint density at radius 3 is 2.46 bits per heavy atom. The summed E-state index contributed by atoms with van der Waals surface area (Å²) in [6, 6.07) is 0.626. The van der Waals surface area contributed by atoms with Crippen LogP contribution in [0.1, 0.15) is 38.3 Å². The van der Waals surface area contributed by atoms with Gasteiger partial charge in [-0.1, -0.05) is 0 Å². The van der Waals surface area contributed by atoms with Crippen LogP contribution in [0.2, 0.25) is 5.28 Å². The highest BCUT2D eigenvalue weighted by Gasteiger charge is 2.57. The molecule has 2 aromatic heterocycles. The number of hydrogen-bond donors (Lipinski definition) is 6. The average Bonchev–Trinajstić information content (AvgIpc) is 3.41. The number of nitrogens with zero attached hydrogens (tertiary/aromatic N) is 5. The first-order valence-electron chi connectivity index (χ1n) is 11.7. The molecule has 5 rings (SSSR count). The fraction of sp³-hybridized carbons (Fsp3) is 0.737. The minimum absolute atomic E-state index is 0.0577. The van der Waals surface area contributed by atoms with Crippen LogP contribution in [0.5, 0.6) is 0 Å². The predicted octanol–water partition coefficient (Wildman–Crippen LogP) is 0.320. The maximum atomic E-state index is 12.1. The zero-order valence-corrected chi connectivity index (χ0v) is 22.0. The Hall–Kier alpha value is -1.22. The molecule has 0 spiro atoms. The van der Waals surface area contributed by atoms with Crippen LogP contribution in [0, 0.1) is 0 Å². The molecule has 7 atom stereocenters. The molecular weight excluding hydrogens is 556 g/mol. The van der Waals surface area contributed by atoms with E-state index < -0.39 is 58.3 Å². The third-order valence-corrected chi connectivity index (χ3v) is 10.9. The second kappa shape index (κ2) is 9.76. The van der Waals surface area contributed by atoms with Gasteiger partial charge < -0.3 is 44.2 Å². The van der Waals surface area contributed by atoms with Gasteiger partial charge >= 0.3 is 15.2 Å². The maximum Gasteiger partial charge on any atom is 0.340 e. The summed E-state index contributed by atoms with van der Waals surface area (Å²) in [7, 11) is -9.68. The van der Waals surface area contributed by atoms with Crippen molar-refractivity contribution in [2.24, 2.45) is 0 Å². The number of hydrogen-bond acceptors (Lipinski definition) is 11. The molecule has 3 aliphatic rings. The Morgan fingerprint density at radius 1 is 1.16 bits per heavy atom. The monoisotopic (exact) mass is 583 g/mol. The third kappa shape index (κ3) is 5.08. The van der Waals surface area contributed by atoms with Gasteiger partial charge in [-0.15, -0.1) is 0 Å². The molecule has 37 heavy (non-hydrogen) atoms. The molecule has 0 saturated carbocycles. The zero-order chi connectivity index (χ0) is 26.8. The summed E-state index contributed by atoms with van der Waals surface area (Å²) in [6.07, 6.45) is 1.98. The van der Waals surface area contributed by atoms with Crippen LogP contribution >= 0.6 is 26.8 Å². The average molecular weight is 584 g/mol. The molecule has 0 radical (unpaired) electrons. The van der Waals surface area contributed by atoms with Crippen molar-refractivity contribution >= 4 is 43.6 Å². The molecule has 0 aromatic carbocycles. The molecule has 0 amide bonds.